The first-order chi connectivity index (χ1) is 20.6. The van der Waals surface area contributed by atoms with Gasteiger partial charge in [0.05, 0.1) is 38.6 Å². The molecule has 7 nitrogen and oxygen atoms in total. The third-order valence-electron chi connectivity index (χ3n) is 7.23. The quantitative estimate of drug-likeness (QED) is 0.103. The first-order valence-electron chi connectivity index (χ1n) is 14.9. The van der Waals surface area contributed by atoms with E-state index in [-0.39, 0.29) is 23.5 Å². The van der Waals surface area contributed by atoms with E-state index in [4.69, 9.17) is 20.8 Å². The molecule has 228 valence electrons. The van der Waals surface area contributed by atoms with Gasteiger partial charge < -0.3 is 14.2 Å². The van der Waals surface area contributed by atoms with Gasteiger partial charge in [0.1, 0.15) is 0 Å². The highest BCUT2D eigenvalue weighted by Crippen LogP contribution is 2.27. The molecule has 0 unspecified atom stereocenters. The van der Waals surface area contributed by atoms with Gasteiger partial charge in [-0.05, 0) is 66.1 Å². The van der Waals surface area contributed by atoms with E-state index in [9.17, 15) is 9.59 Å². The van der Waals surface area contributed by atoms with Gasteiger partial charge in [0.15, 0.2) is 5.69 Å². The van der Waals surface area contributed by atoms with Crippen molar-refractivity contribution in [3.8, 4) is 0 Å². The topological polar surface area (TPSA) is 69.4 Å². The summed E-state index contributed by atoms with van der Waals surface area (Å²) >= 11 is 0. The summed E-state index contributed by atoms with van der Waals surface area (Å²) in [4.78, 5) is 29.8. The molecule has 1 atom stereocenters. The van der Waals surface area contributed by atoms with E-state index in [1.165, 1.54) is 12.7 Å². The smallest absolute Gasteiger partial charge is 0.337 e. The second-order valence-electron chi connectivity index (χ2n) is 11.6. The Bertz CT molecular complexity index is 1370. The van der Waals surface area contributed by atoms with E-state index >= 15 is 0 Å². The van der Waals surface area contributed by atoms with Gasteiger partial charge in [-0.1, -0.05) is 81.4 Å². The summed E-state index contributed by atoms with van der Waals surface area (Å²) in [6, 6.07) is 23.5. The third-order valence-corrected chi connectivity index (χ3v) is 7.23. The zero-order valence-corrected chi connectivity index (χ0v) is 26.1. The number of hydrogen-bond acceptors (Lipinski definition) is 6. The normalized spacial score (nSPS) is 12.0. The fraction of sp³-hybridized carbons (Fsp3) is 0.417. The molecule has 0 aliphatic rings. The fourth-order valence-electron chi connectivity index (χ4n) is 4.80. The van der Waals surface area contributed by atoms with E-state index in [2.05, 4.69) is 54.8 Å². The molecule has 0 saturated carbocycles. The molecule has 0 aromatic heterocycles. The maximum atomic E-state index is 11.9. The molecule has 0 aliphatic carbocycles. The number of ether oxygens (including phenoxy) is 3. The molecule has 3 rings (SSSR count). The molecule has 43 heavy (non-hydrogen) atoms. The molecule has 7 heteroatoms. The monoisotopic (exact) mass is 584 g/mol. The van der Waals surface area contributed by atoms with E-state index in [1.807, 2.05) is 37.3 Å². The highest BCUT2D eigenvalue weighted by atomic mass is 16.5. The second-order valence-corrected chi connectivity index (χ2v) is 11.6. The number of benzene rings is 3. The van der Waals surface area contributed by atoms with Crippen LogP contribution >= 0.6 is 0 Å². The van der Waals surface area contributed by atoms with E-state index in [0.29, 0.717) is 44.0 Å². The molecular weight excluding hydrogens is 540 g/mol. The Hall–Kier alpha value is -3.99. The van der Waals surface area contributed by atoms with Crippen molar-refractivity contribution in [1.29, 1.82) is 0 Å². The maximum absolute atomic E-state index is 11.9. The average molecular weight is 585 g/mol. The number of carbonyl (C=O) groups excluding carboxylic acids is 2. The minimum absolute atomic E-state index is 0.0309. The van der Waals surface area contributed by atoms with Crippen molar-refractivity contribution in [2.45, 2.75) is 71.6 Å². The summed E-state index contributed by atoms with van der Waals surface area (Å²) in [6.45, 7) is 18.7. The number of unbranched alkanes of at least 4 members (excludes halogenated alkanes) is 1. The predicted octanol–water partition coefficient (Wildman–Crippen LogP) is 7.81. The van der Waals surface area contributed by atoms with Crippen molar-refractivity contribution in [2.75, 3.05) is 26.8 Å². The number of carbonyl (C=O) groups is 2. The highest BCUT2D eigenvalue weighted by Gasteiger charge is 2.20. The Kier molecular flexibility index (Phi) is 12.9. The van der Waals surface area contributed by atoms with Crippen LogP contribution in [0.5, 0.6) is 0 Å². The molecule has 0 heterocycles. The fourth-order valence-corrected chi connectivity index (χ4v) is 4.80. The van der Waals surface area contributed by atoms with Crippen LogP contribution in [0.3, 0.4) is 0 Å². The van der Waals surface area contributed by atoms with Crippen LogP contribution in [0, 0.1) is 6.57 Å². The summed E-state index contributed by atoms with van der Waals surface area (Å²) < 4.78 is 16.6. The molecule has 0 bridgehead atoms. The first kappa shape index (κ1) is 33.5. The second kappa shape index (κ2) is 16.6. The van der Waals surface area contributed by atoms with Gasteiger partial charge in [0.2, 0.25) is 0 Å². The van der Waals surface area contributed by atoms with Crippen LogP contribution < -0.4 is 0 Å². The number of rotatable bonds is 15. The van der Waals surface area contributed by atoms with Gasteiger partial charge in [-0.2, -0.15) is 0 Å². The zero-order valence-electron chi connectivity index (χ0n) is 26.1. The van der Waals surface area contributed by atoms with Crippen LogP contribution in [0.1, 0.15) is 85.7 Å². The van der Waals surface area contributed by atoms with Crippen molar-refractivity contribution in [1.82, 2.24) is 4.90 Å². The highest BCUT2D eigenvalue weighted by molar-refractivity contribution is 5.89. The minimum atomic E-state index is -0.369. The summed E-state index contributed by atoms with van der Waals surface area (Å²) in [7, 11) is 1.37. The minimum Gasteiger partial charge on any atom is -0.466 e. The zero-order chi connectivity index (χ0) is 31.2. The van der Waals surface area contributed by atoms with E-state index in [1.54, 1.807) is 18.2 Å². The van der Waals surface area contributed by atoms with E-state index < -0.39 is 0 Å². The lowest BCUT2D eigenvalue weighted by molar-refractivity contribution is -0.143. The van der Waals surface area contributed by atoms with Gasteiger partial charge in [0, 0.05) is 19.5 Å². The lowest BCUT2D eigenvalue weighted by atomic mass is 9.86. The maximum Gasteiger partial charge on any atom is 0.337 e. The number of nitrogens with zero attached hydrogens (tertiary/aromatic N) is 2. The molecule has 0 N–H and O–H groups in total. The van der Waals surface area contributed by atoms with Gasteiger partial charge in [0.25, 0.3) is 0 Å². The molecule has 0 fully saturated rings. The third kappa shape index (κ3) is 11.0. The molecule has 3 aromatic carbocycles. The van der Waals surface area contributed by atoms with Crippen LogP contribution in [0.4, 0.5) is 5.69 Å². The lowest BCUT2D eigenvalue weighted by Gasteiger charge is -2.29. The SMILES string of the molecule is [C-]#[N+]c1cccc([C@H](CN(CCCCC(=O)OCC)Cc2ccc(C(=O)OC)cc2)OCc2cccc(C(C)(C)C)c2)c1. The van der Waals surface area contributed by atoms with Crippen LogP contribution in [0.15, 0.2) is 72.8 Å². The lowest BCUT2D eigenvalue weighted by Crippen LogP contribution is -2.30. The van der Waals surface area contributed by atoms with Crippen molar-refractivity contribution < 1.29 is 23.8 Å². The standard InChI is InChI=1S/C36H44N2O5/c1-7-42-34(39)16-8-9-21-38(24-27-17-19-29(20-18-27)35(40)41-6)25-33(30-13-11-15-32(23-30)37-5)43-26-28-12-10-14-31(22-28)36(2,3)4/h10-15,17-20,22-23,33H,7-9,16,21,24-26H2,1-4,6H3/t33-/m0/s1. The first-order valence-corrected chi connectivity index (χ1v) is 14.9. The van der Waals surface area contributed by atoms with Crippen molar-refractivity contribution in [3.63, 3.8) is 0 Å². The van der Waals surface area contributed by atoms with Crippen molar-refractivity contribution >= 4 is 17.6 Å². The summed E-state index contributed by atoms with van der Waals surface area (Å²) in [6.07, 6.45) is 1.61. The molecule has 0 aliphatic heterocycles. The van der Waals surface area contributed by atoms with Crippen molar-refractivity contribution in [2.24, 2.45) is 0 Å². The Morgan fingerprint density at radius 2 is 1.70 bits per heavy atom. The number of hydrogen-bond donors (Lipinski definition) is 0. The number of esters is 2. The van der Waals surface area contributed by atoms with Crippen LogP contribution in [-0.2, 0) is 37.6 Å². The van der Waals surface area contributed by atoms with Gasteiger partial charge in [-0.25, -0.2) is 9.64 Å². The van der Waals surface area contributed by atoms with Crippen LogP contribution in [0.2, 0.25) is 0 Å². The molecule has 3 aromatic rings. The van der Waals surface area contributed by atoms with Crippen molar-refractivity contribution in [3.05, 3.63) is 112 Å². The van der Waals surface area contributed by atoms with Gasteiger partial charge in [-0.15, -0.1) is 0 Å². The Morgan fingerprint density at radius 3 is 2.37 bits per heavy atom. The van der Waals surface area contributed by atoms with E-state index in [0.717, 1.165) is 36.1 Å². The van der Waals surface area contributed by atoms with Crippen LogP contribution in [-0.4, -0.2) is 43.6 Å². The molecule has 0 saturated heterocycles. The molecular formula is C36H44N2O5. The summed E-state index contributed by atoms with van der Waals surface area (Å²) in [5.74, 6) is -0.548. The average Bonchev–Trinajstić information content (AvgIpc) is 3.01. The van der Waals surface area contributed by atoms with Gasteiger partial charge in [-0.3, -0.25) is 9.69 Å². The Morgan fingerprint density at radius 1 is 0.953 bits per heavy atom. The molecule has 0 spiro atoms. The largest absolute Gasteiger partial charge is 0.466 e. The predicted molar refractivity (Wildman–Crippen MR) is 169 cm³/mol. The van der Waals surface area contributed by atoms with Gasteiger partial charge >= 0.3 is 11.9 Å². The Labute approximate surface area is 256 Å². The number of methoxy groups -OCH3 is 1. The molecule has 0 amide bonds. The molecule has 0 radical (unpaired) electrons. The van der Waals surface area contributed by atoms with Crippen LogP contribution in [0.25, 0.3) is 4.85 Å². The summed E-state index contributed by atoms with van der Waals surface area (Å²) in [5.41, 5.74) is 5.44. The Balaban J connectivity index is 1.83. The summed E-state index contributed by atoms with van der Waals surface area (Å²) in [5, 5.41) is 0.